The topological polar surface area (TPSA) is 127 Å². The Hall–Kier alpha value is -2.76. The molecule has 4 rings (SSSR count). The predicted octanol–water partition coefficient (Wildman–Crippen LogP) is 3.53. The van der Waals surface area contributed by atoms with Gasteiger partial charge in [0.05, 0.1) is 18.8 Å². The van der Waals surface area contributed by atoms with Crippen LogP contribution in [0.4, 0.5) is 0 Å². The molecule has 4 N–H and O–H groups in total. The molecule has 1 aliphatic rings. The molecule has 218 valence electrons. The second kappa shape index (κ2) is 13.7. The van der Waals surface area contributed by atoms with Gasteiger partial charge >= 0.3 is 0 Å². The van der Waals surface area contributed by atoms with Crippen LogP contribution in [0.25, 0.3) is 22.0 Å². The number of aromatic nitrogens is 1. The average molecular weight is 571 g/mol. The lowest BCUT2D eigenvalue weighted by atomic mass is 9.88. The number of nitrogens with two attached hydrogens (primary N) is 1. The van der Waals surface area contributed by atoms with E-state index in [0.717, 1.165) is 58.1 Å². The Kier molecular flexibility index (Phi) is 10.4. The molecule has 1 amide bonds. The molecule has 1 atom stereocenters. The van der Waals surface area contributed by atoms with Gasteiger partial charge < -0.3 is 25.5 Å². The van der Waals surface area contributed by atoms with Gasteiger partial charge in [0.15, 0.2) is 0 Å². The van der Waals surface area contributed by atoms with Gasteiger partial charge in [-0.2, -0.15) is 0 Å². The second-order valence-electron chi connectivity index (χ2n) is 10.7. The van der Waals surface area contributed by atoms with E-state index in [1.54, 1.807) is 18.5 Å². The van der Waals surface area contributed by atoms with Gasteiger partial charge in [-0.15, -0.1) is 0 Å². The highest BCUT2D eigenvalue weighted by molar-refractivity contribution is 7.89. The maximum atomic E-state index is 12.8. The molecular weight excluding hydrogens is 528 g/mol. The van der Waals surface area contributed by atoms with Crippen molar-refractivity contribution in [1.29, 1.82) is 0 Å². The molecule has 40 heavy (non-hydrogen) atoms. The Balaban J connectivity index is 1.59. The summed E-state index contributed by atoms with van der Waals surface area (Å²) in [5.41, 5.74) is 11.8. The van der Waals surface area contributed by atoms with Crippen LogP contribution in [0.1, 0.15) is 48.8 Å². The van der Waals surface area contributed by atoms with Crippen LogP contribution in [0.15, 0.2) is 42.6 Å². The van der Waals surface area contributed by atoms with Crippen LogP contribution in [0.3, 0.4) is 0 Å². The third-order valence-corrected chi connectivity index (χ3v) is 9.59. The lowest BCUT2D eigenvalue weighted by Crippen LogP contribution is -2.39. The highest BCUT2D eigenvalue weighted by atomic mass is 32.2. The van der Waals surface area contributed by atoms with Crippen LogP contribution in [0.2, 0.25) is 0 Å². The molecule has 9 nitrogen and oxygen atoms in total. The molecule has 3 aromatic rings. The smallest absolute Gasteiger partial charge is 0.221 e. The van der Waals surface area contributed by atoms with Crippen molar-refractivity contribution in [2.45, 2.75) is 51.1 Å². The number of carbonyl (C=O) groups is 1. The zero-order valence-electron chi connectivity index (χ0n) is 23.7. The lowest BCUT2D eigenvalue weighted by molar-refractivity contribution is -0.117. The first kappa shape index (κ1) is 30.2. The molecule has 0 aliphatic carbocycles. The highest BCUT2D eigenvalue weighted by Crippen LogP contribution is 2.37. The maximum absolute atomic E-state index is 12.8. The van der Waals surface area contributed by atoms with E-state index >= 15 is 0 Å². The van der Waals surface area contributed by atoms with Crippen molar-refractivity contribution >= 4 is 26.8 Å². The van der Waals surface area contributed by atoms with Crippen molar-refractivity contribution in [1.82, 2.24) is 14.6 Å². The minimum atomic E-state index is -3.29. The highest BCUT2D eigenvalue weighted by Gasteiger charge is 2.29. The standard InChI is InChI=1S/C30H42N4O5S/c1-21(20-39-3)32-18-22-6-4-7-24(14-22)25-15-26(17-29(31)35)30-27(16-25)28(19-33-30)23-8-10-34(11-9-23)40(36,37)13-5-12-38-2/h4,6-7,14-16,19,21,23,32-33H,5,8-13,17-18,20H2,1-3H3,(H2,31,35). The Morgan fingerprint density at radius 2 is 1.93 bits per heavy atom. The molecule has 2 aromatic carbocycles. The number of hydrogen-bond donors (Lipinski definition) is 3. The van der Waals surface area contributed by atoms with E-state index < -0.39 is 10.0 Å². The zero-order valence-corrected chi connectivity index (χ0v) is 24.6. The Morgan fingerprint density at radius 1 is 1.15 bits per heavy atom. The van der Waals surface area contributed by atoms with Gasteiger partial charge in [-0.25, -0.2) is 12.7 Å². The number of ether oxygens (including phenoxy) is 2. The molecular formula is C30H42N4O5S. The number of hydrogen-bond acceptors (Lipinski definition) is 6. The average Bonchev–Trinajstić information content (AvgIpc) is 3.36. The number of benzene rings is 2. The molecule has 1 aliphatic heterocycles. The summed E-state index contributed by atoms with van der Waals surface area (Å²) in [4.78, 5) is 15.4. The molecule has 1 fully saturated rings. The number of carbonyl (C=O) groups excluding carboxylic acids is 1. The summed E-state index contributed by atoms with van der Waals surface area (Å²) in [7, 11) is -0.00924. The summed E-state index contributed by atoms with van der Waals surface area (Å²) < 4.78 is 37.4. The van der Waals surface area contributed by atoms with E-state index in [1.807, 2.05) is 18.3 Å². The first-order valence-electron chi connectivity index (χ1n) is 13.9. The molecule has 0 bridgehead atoms. The molecule has 1 saturated heterocycles. The normalized spacial score (nSPS) is 16.0. The number of sulfonamides is 1. The monoisotopic (exact) mass is 570 g/mol. The number of piperidine rings is 1. The summed E-state index contributed by atoms with van der Waals surface area (Å²) in [6.07, 6.45) is 4.14. The van der Waals surface area contributed by atoms with Gasteiger partial charge in [0.25, 0.3) is 0 Å². The van der Waals surface area contributed by atoms with Crippen LogP contribution < -0.4 is 11.1 Å². The third kappa shape index (κ3) is 7.50. The minimum absolute atomic E-state index is 0.109. The number of nitrogens with zero attached hydrogens (tertiary/aromatic N) is 1. The molecule has 10 heteroatoms. The fourth-order valence-electron chi connectivity index (χ4n) is 5.58. The van der Waals surface area contributed by atoms with Crippen LogP contribution in [0, 0.1) is 0 Å². The first-order valence-corrected chi connectivity index (χ1v) is 15.5. The number of H-pyrrole nitrogens is 1. The summed E-state index contributed by atoms with van der Waals surface area (Å²) in [6, 6.07) is 12.9. The summed E-state index contributed by atoms with van der Waals surface area (Å²) in [6.45, 7) is 4.88. The van der Waals surface area contributed by atoms with Gasteiger partial charge in [-0.3, -0.25) is 4.79 Å². The number of nitrogens with one attached hydrogen (secondary N) is 2. The minimum Gasteiger partial charge on any atom is -0.385 e. The molecule has 2 heterocycles. The van der Waals surface area contributed by atoms with Crippen molar-refractivity contribution in [3.8, 4) is 11.1 Å². The van der Waals surface area contributed by atoms with Crippen LogP contribution in [0.5, 0.6) is 0 Å². The second-order valence-corrected chi connectivity index (χ2v) is 12.8. The van der Waals surface area contributed by atoms with Gasteiger partial charge in [-0.1, -0.05) is 18.2 Å². The lowest BCUT2D eigenvalue weighted by Gasteiger charge is -2.31. The molecule has 0 spiro atoms. The SMILES string of the molecule is COCCCS(=O)(=O)N1CCC(c2c[nH]c3c(CC(N)=O)cc(-c4cccc(CNC(C)COC)c4)cc23)CC1. The molecule has 0 radical (unpaired) electrons. The summed E-state index contributed by atoms with van der Waals surface area (Å²) >= 11 is 0. The number of fused-ring (bicyclic) bond motifs is 1. The fraction of sp³-hybridized carbons (Fsp3) is 0.500. The summed E-state index contributed by atoms with van der Waals surface area (Å²) in [5.74, 6) is -0.0569. The van der Waals surface area contributed by atoms with Crippen molar-refractivity contribution in [3.05, 3.63) is 59.3 Å². The van der Waals surface area contributed by atoms with Crippen LogP contribution >= 0.6 is 0 Å². The number of rotatable bonds is 14. The van der Waals surface area contributed by atoms with Crippen molar-refractivity contribution in [2.75, 3.05) is 46.3 Å². The van der Waals surface area contributed by atoms with E-state index in [1.165, 1.54) is 0 Å². The van der Waals surface area contributed by atoms with E-state index in [9.17, 15) is 13.2 Å². The van der Waals surface area contributed by atoms with Crippen molar-refractivity contribution in [2.24, 2.45) is 5.73 Å². The first-order chi connectivity index (χ1) is 19.2. The molecule has 1 aromatic heterocycles. The van der Waals surface area contributed by atoms with Gasteiger partial charge in [0, 0.05) is 63.6 Å². The third-order valence-electron chi connectivity index (χ3n) is 7.64. The van der Waals surface area contributed by atoms with Gasteiger partial charge in [-0.05, 0) is 78.1 Å². The Labute approximate surface area is 237 Å². The van der Waals surface area contributed by atoms with Crippen molar-refractivity contribution in [3.63, 3.8) is 0 Å². The molecule has 1 unspecified atom stereocenters. The number of amides is 1. The number of methoxy groups -OCH3 is 2. The van der Waals surface area contributed by atoms with E-state index in [4.69, 9.17) is 15.2 Å². The quantitative estimate of drug-likeness (QED) is 0.255. The summed E-state index contributed by atoms with van der Waals surface area (Å²) in [5, 5.41) is 4.54. The predicted molar refractivity (Wildman–Crippen MR) is 159 cm³/mol. The van der Waals surface area contributed by atoms with E-state index in [2.05, 4.69) is 41.5 Å². The Morgan fingerprint density at radius 3 is 2.62 bits per heavy atom. The number of aromatic amines is 1. The largest absolute Gasteiger partial charge is 0.385 e. The fourth-order valence-corrected chi connectivity index (χ4v) is 7.09. The zero-order chi connectivity index (χ0) is 28.7. The van der Waals surface area contributed by atoms with E-state index in [0.29, 0.717) is 32.7 Å². The molecule has 0 saturated carbocycles. The number of primary amides is 1. The Bertz CT molecular complexity index is 1400. The van der Waals surface area contributed by atoms with Gasteiger partial charge in [0.2, 0.25) is 15.9 Å². The van der Waals surface area contributed by atoms with Gasteiger partial charge in [0.1, 0.15) is 0 Å². The maximum Gasteiger partial charge on any atom is 0.221 e. The van der Waals surface area contributed by atoms with Crippen LogP contribution in [-0.2, 0) is 37.3 Å². The van der Waals surface area contributed by atoms with Crippen LogP contribution in [-0.4, -0.2) is 75.9 Å². The van der Waals surface area contributed by atoms with E-state index in [-0.39, 0.29) is 30.0 Å². The van der Waals surface area contributed by atoms with Crippen molar-refractivity contribution < 1.29 is 22.7 Å².